The predicted molar refractivity (Wildman–Crippen MR) is 262 cm³/mol. The molecule has 5 N–H and O–H groups in total. The molecular weight excluding hydrogens is 859 g/mol. The van der Waals surface area contributed by atoms with Crippen molar-refractivity contribution in [2.24, 2.45) is 11.8 Å². The molecule has 3 aliphatic heterocycles. The number of H-pyrrole nitrogens is 2. The molecule has 4 amide bonds. The third-order valence-electron chi connectivity index (χ3n) is 14.1. The van der Waals surface area contributed by atoms with Gasteiger partial charge in [0.05, 0.1) is 42.7 Å². The number of likely N-dealkylation sites (tertiary alicyclic amines) is 2. The Hall–Kier alpha value is -6.64. The summed E-state index contributed by atoms with van der Waals surface area (Å²) in [6.45, 7) is 15.4. The molecule has 0 unspecified atom stereocenters. The summed E-state index contributed by atoms with van der Waals surface area (Å²) in [5, 5.41) is 14.5. The van der Waals surface area contributed by atoms with Gasteiger partial charge in [0, 0.05) is 42.3 Å². The van der Waals surface area contributed by atoms with Gasteiger partial charge in [-0.2, -0.15) is 0 Å². The van der Waals surface area contributed by atoms with Crippen LogP contribution >= 0.6 is 0 Å². The zero-order chi connectivity index (χ0) is 48.4. The number of carbonyl (C=O) groups is 4. The number of hydrogen-bond acceptors (Lipinski definition) is 8. The number of methoxy groups -OCH3 is 1. The summed E-state index contributed by atoms with van der Waals surface area (Å²) in [5.74, 6) is 0.769. The van der Waals surface area contributed by atoms with E-state index in [9.17, 15) is 24.3 Å². The number of hydrogen-bond donors (Lipinski definition) is 5. The van der Waals surface area contributed by atoms with E-state index >= 15 is 0 Å². The molecule has 15 nitrogen and oxygen atoms in total. The monoisotopic (exact) mass is 926 g/mol. The lowest BCUT2D eigenvalue weighted by Gasteiger charge is -2.34. The standard InChI is InChI=1S/C53H67N9O6/c1-31(2)45(58-51(65)66)49(63)60-27-9-11-43(60)47-54-29-39(56-47)33-13-17-35(18-14-33)41-25-26-42(62(41)38-23-21-37(22-24-38)53(5,6)7)36-19-15-34(16-20-36)40-30-55-48(57-40)44-12-10-28-61(44)50(64)46(32(3)4)59-52(67)68-8/h13-24,29-32,41-46,58H,9-12,25-28H2,1-8H3,(H,54,56)(H,55,57)(H,59,67)(H,65,66)/t41-,42+,43+,44+,45+,46+/m1/s1. The topological polar surface area (TPSA) is 189 Å². The number of aromatic amines is 2. The molecular formula is C53H67N9O6. The minimum absolute atomic E-state index is 0.0235. The zero-order valence-electron chi connectivity index (χ0n) is 40.6. The number of carbonyl (C=O) groups excluding carboxylic acids is 3. The van der Waals surface area contributed by atoms with Crippen molar-refractivity contribution >= 4 is 29.7 Å². The molecule has 3 aromatic carbocycles. The second-order valence-electron chi connectivity index (χ2n) is 20.3. The molecule has 68 heavy (non-hydrogen) atoms. The fraction of sp³-hybridized carbons (Fsp3) is 0.472. The average Bonchev–Trinajstić information content (AvgIpc) is 4.18. The highest BCUT2D eigenvalue weighted by Gasteiger charge is 2.40. The Bertz CT molecular complexity index is 2560. The molecule has 8 rings (SSSR count). The Morgan fingerprint density at radius 3 is 1.49 bits per heavy atom. The van der Waals surface area contributed by atoms with Crippen LogP contribution < -0.4 is 15.5 Å². The van der Waals surface area contributed by atoms with Gasteiger partial charge in [-0.25, -0.2) is 19.6 Å². The smallest absolute Gasteiger partial charge is 0.407 e. The first-order valence-electron chi connectivity index (χ1n) is 24.2. The number of rotatable bonds is 13. The van der Waals surface area contributed by atoms with Crippen molar-refractivity contribution in [3.05, 3.63) is 114 Å². The number of anilines is 1. The third-order valence-corrected chi connectivity index (χ3v) is 14.1. The van der Waals surface area contributed by atoms with Crippen LogP contribution in [0.5, 0.6) is 0 Å². The van der Waals surface area contributed by atoms with Crippen molar-refractivity contribution in [2.45, 2.75) is 129 Å². The Kier molecular flexibility index (Phi) is 14.0. The van der Waals surface area contributed by atoms with Crippen molar-refractivity contribution < 1.29 is 29.0 Å². The Morgan fingerprint density at radius 2 is 1.09 bits per heavy atom. The number of imidazole rings is 2. The zero-order valence-corrected chi connectivity index (χ0v) is 40.6. The lowest BCUT2D eigenvalue weighted by molar-refractivity contribution is -0.136. The van der Waals surface area contributed by atoms with Crippen molar-refractivity contribution in [3.8, 4) is 22.5 Å². The van der Waals surface area contributed by atoms with Gasteiger partial charge in [0.25, 0.3) is 0 Å². The van der Waals surface area contributed by atoms with Crippen molar-refractivity contribution in [3.63, 3.8) is 0 Å². The van der Waals surface area contributed by atoms with Crippen LogP contribution in [0.25, 0.3) is 22.5 Å². The van der Waals surface area contributed by atoms with Crippen LogP contribution in [0.15, 0.2) is 85.2 Å². The molecule has 0 saturated carbocycles. The fourth-order valence-corrected chi connectivity index (χ4v) is 10.4. The second kappa shape index (κ2) is 19.9. The Balaban J connectivity index is 1.00. The number of nitrogens with zero attached hydrogens (tertiary/aromatic N) is 5. The van der Waals surface area contributed by atoms with E-state index in [1.54, 1.807) is 4.90 Å². The molecule has 360 valence electrons. The molecule has 0 aliphatic carbocycles. The quantitative estimate of drug-likeness (QED) is 0.0766. The summed E-state index contributed by atoms with van der Waals surface area (Å²) in [4.78, 5) is 73.8. The highest BCUT2D eigenvalue weighted by atomic mass is 16.5. The number of carboxylic acid groups (broad SMARTS) is 1. The summed E-state index contributed by atoms with van der Waals surface area (Å²) in [6.07, 6.45) is 7.09. The van der Waals surface area contributed by atoms with Crippen LogP contribution in [0, 0.1) is 11.8 Å². The minimum Gasteiger partial charge on any atom is -0.465 e. The lowest BCUT2D eigenvalue weighted by atomic mass is 9.87. The van der Waals surface area contributed by atoms with E-state index in [4.69, 9.17) is 14.7 Å². The molecule has 6 atom stereocenters. The molecule has 0 spiro atoms. The van der Waals surface area contributed by atoms with Gasteiger partial charge in [0.2, 0.25) is 11.8 Å². The molecule has 15 heteroatoms. The van der Waals surface area contributed by atoms with Crippen LogP contribution in [0.3, 0.4) is 0 Å². The fourth-order valence-electron chi connectivity index (χ4n) is 10.4. The summed E-state index contributed by atoms with van der Waals surface area (Å²) < 4.78 is 4.81. The SMILES string of the molecule is COC(=O)N[C@H](C(=O)N1CCC[C@H]1c1nc(-c2ccc([C@@H]3CC[C@H](c4ccc(-c5c[nH]c([C@@H]6CCCN6C(=O)[C@@H](NC(=O)O)C(C)C)n5)cc4)N3c3ccc(C(C)(C)C)cc3)cc2)c[nH]1)C(C)C. The minimum atomic E-state index is -1.21. The highest BCUT2D eigenvalue weighted by molar-refractivity contribution is 5.87. The molecule has 2 aromatic heterocycles. The van der Waals surface area contributed by atoms with E-state index in [-0.39, 0.29) is 53.2 Å². The van der Waals surface area contributed by atoms with Gasteiger partial charge in [0.15, 0.2) is 0 Å². The summed E-state index contributed by atoms with van der Waals surface area (Å²) in [6, 6.07) is 24.7. The molecule has 3 saturated heterocycles. The highest BCUT2D eigenvalue weighted by Crippen LogP contribution is 2.48. The van der Waals surface area contributed by atoms with Crippen LogP contribution in [0.4, 0.5) is 15.3 Å². The van der Waals surface area contributed by atoms with E-state index in [1.165, 1.54) is 29.5 Å². The summed E-state index contributed by atoms with van der Waals surface area (Å²) in [7, 11) is 1.30. The number of ether oxygens (including phenoxy) is 1. The third kappa shape index (κ3) is 9.98. The Morgan fingerprint density at radius 1 is 0.647 bits per heavy atom. The lowest BCUT2D eigenvalue weighted by Crippen LogP contribution is -2.51. The van der Waals surface area contributed by atoms with E-state index < -0.39 is 24.3 Å². The number of amides is 4. The molecule has 5 aromatic rings. The normalized spacial score (nSPS) is 20.5. The number of alkyl carbamates (subject to hydrolysis) is 1. The maximum Gasteiger partial charge on any atom is 0.407 e. The molecule has 3 fully saturated rings. The van der Waals surface area contributed by atoms with E-state index in [0.29, 0.717) is 18.9 Å². The predicted octanol–water partition coefficient (Wildman–Crippen LogP) is 9.85. The number of nitrogens with one attached hydrogen (secondary N) is 4. The molecule has 0 radical (unpaired) electrons. The maximum atomic E-state index is 13.7. The van der Waals surface area contributed by atoms with Crippen LogP contribution in [-0.2, 0) is 19.7 Å². The first-order chi connectivity index (χ1) is 32.5. The van der Waals surface area contributed by atoms with Crippen LogP contribution in [0.1, 0.15) is 139 Å². The Labute approximate surface area is 399 Å². The van der Waals surface area contributed by atoms with Gasteiger partial charge in [0.1, 0.15) is 23.7 Å². The van der Waals surface area contributed by atoms with E-state index in [0.717, 1.165) is 66.9 Å². The van der Waals surface area contributed by atoms with Gasteiger partial charge in [-0.3, -0.25) is 9.59 Å². The number of aromatic nitrogens is 4. The molecule has 3 aliphatic rings. The van der Waals surface area contributed by atoms with Crippen molar-refractivity contribution in [1.82, 2.24) is 40.4 Å². The second-order valence-corrected chi connectivity index (χ2v) is 20.3. The largest absolute Gasteiger partial charge is 0.465 e. The number of benzene rings is 3. The molecule has 0 bridgehead atoms. The summed E-state index contributed by atoms with van der Waals surface area (Å²) >= 11 is 0. The van der Waals surface area contributed by atoms with Crippen molar-refractivity contribution in [2.75, 3.05) is 25.1 Å². The van der Waals surface area contributed by atoms with Gasteiger partial charge in [-0.1, -0.05) is 109 Å². The maximum absolute atomic E-state index is 13.7. The van der Waals surface area contributed by atoms with Gasteiger partial charge >= 0.3 is 12.2 Å². The van der Waals surface area contributed by atoms with Crippen LogP contribution in [-0.4, -0.2) is 91.1 Å². The first-order valence-corrected chi connectivity index (χ1v) is 24.2. The van der Waals surface area contributed by atoms with Crippen LogP contribution in [0.2, 0.25) is 0 Å². The summed E-state index contributed by atoms with van der Waals surface area (Å²) in [5.41, 5.74) is 8.45. The first kappa shape index (κ1) is 47.8. The van der Waals surface area contributed by atoms with Gasteiger partial charge in [-0.15, -0.1) is 0 Å². The van der Waals surface area contributed by atoms with Gasteiger partial charge in [-0.05, 0) is 84.6 Å². The van der Waals surface area contributed by atoms with E-state index in [1.807, 2.05) is 45.0 Å². The van der Waals surface area contributed by atoms with Crippen molar-refractivity contribution in [1.29, 1.82) is 0 Å². The van der Waals surface area contributed by atoms with Gasteiger partial charge < -0.3 is 45.1 Å². The average molecular weight is 926 g/mol. The molecule has 5 heterocycles. The van der Waals surface area contributed by atoms with E-state index in [2.05, 4.69) is 119 Å².